The van der Waals surface area contributed by atoms with Gasteiger partial charge in [0, 0.05) is 9.75 Å². The first-order chi connectivity index (χ1) is 8.56. The van der Waals surface area contributed by atoms with E-state index >= 15 is 0 Å². The standard InChI is InChI=1S/C10H11N5O2S/c1-6-2-3-7(18-6)4-12-9-8(15(16)17)5-13-10(11)14-9/h2-3,5H,4H2,1H3,(H3,11,12,13,14). The van der Waals surface area contributed by atoms with Crippen LogP contribution in [0.4, 0.5) is 17.5 Å². The second-order valence-corrected chi connectivity index (χ2v) is 4.96. The molecule has 3 N–H and O–H groups in total. The monoisotopic (exact) mass is 265 g/mol. The summed E-state index contributed by atoms with van der Waals surface area (Å²) in [6.45, 7) is 2.47. The van der Waals surface area contributed by atoms with Crippen LogP contribution < -0.4 is 11.1 Å². The number of hydrogen-bond donors (Lipinski definition) is 2. The van der Waals surface area contributed by atoms with Gasteiger partial charge in [-0.25, -0.2) is 4.98 Å². The van der Waals surface area contributed by atoms with E-state index in [1.54, 1.807) is 11.3 Å². The second-order valence-electron chi connectivity index (χ2n) is 3.59. The number of anilines is 2. The third-order valence-electron chi connectivity index (χ3n) is 2.21. The third-order valence-corrected chi connectivity index (χ3v) is 3.21. The third kappa shape index (κ3) is 2.72. The zero-order chi connectivity index (χ0) is 13.1. The summed E-state index contributed by atoms with van der Waals surface area (Å²) >= 11 is 1.62. The number of nitrogen functional groups attached to an aromatic ring is 1. The highest BCUT2D eigenvalue weighted by molar-refractivity contribution is 7.11. The average Bonchev–Trinajstić information content (AvgIpc) is 2.72. The van der Waals surface area contributed by atoms with Crippen molar-refractivity contribution in [1.82, 2.24) is 9.97 Å². The van der Waals surface area contributed by atoms with Crippen LogP contribution in [0.3, 0.4) is 0 Å². The molecule has 18 heavy (non-hydrogen) atoms. The Morgan fingerprint density at radius 1 is 1.56 bits per heavy atom. The summed E-state index contributed by atoms with van der Waals surface area (Å²) in [5.41, 5.74) is 5.24. The first kappa shape index (κ1) is 12.2. The first-order valence-corrected chi connectivity index (χ1v) is 5.94. The van der Waals surface area contributed by atoms with Crippen molar-refractivity contribution in [2.75, 3.05) is 11.1 Å². The molecule has 0 aliphatic rings. The molecular weight excluding hydrogens is 254 g/mol. The topological polar surface area (TPSA) is 107 Å². The van der Waals surface area contributed by atoms with Crippen molar-refractivity contribution in [3.63, 3.8) is 0 Å². The van der Waals surface area contributed by atoms with Crippen LogP contribution in [0.5, 0.6) is 0 Å². The zero-order valence-electron chi connectivity index (χ0n) is 9.58. The van der Waals surface area contributed by atoms with Gasteiger partial charge in [0.15, 0.2) is 0 Å². The van der Waals surface area contributed by atoms with E-state index in [4.69, 9.17) is 5.73 Å². The summed E-state index contributed by atoms with van der Waals surface area (Å²) in [7, 11) is 0. The molecule has 7 nitrogen and oxygen atoms in total. The van der Waals surface area contributed by atoms with Gasteiger partial charge in [0.1, 0.15) is 6.20 Å². The van der Waals surface area contributed by atoms with E-state index in [0.29, 0.717) is 6.54 Å². The minimum atomic E-state index is -0.540. The average molecular weight is 265 g/mol. The van der Waals surface area contributed by atoms with Gasteiger partial charge in [-0.3, -0.25) is 10.1 Å². The van der Waals surface area contributed by atoms with Crippen molar-refractivity contribution in [3.05, 3.63) is 38.2 Å². The molecule has 0 aromatic carbocycles. The molecule has 2 aromatic rings. The van der Waals surface area contributed by atoms with Crippen molar-refractivity contribution < 1.29 is 4.92 Å². The van der Waals surface area contributed by atoms with Gasteiger partial charge in [-0.1, -0.05) is 0 Å². The van der Waals surface area contributed by atoms with Crippen LogP contribution in [0, 0.1) is 17.0 Å². The normalized spacial score (nSPS) is 10.3. The van der Waals surface area contributed by atoms with E-state index in [2.05, 4.69) is 15.3 Å². The lowest BCUT2D eigenvalue weighted by atomic mass is 10.4. The van der Waals surface area contributed by atoms with Gasteiger partial charge in [0.05, 0.1) is 11.5 Å². The number of rotatable bonds is 4. The number of nitrogens with zero attached hydrogens (tertiary/aromatic N) is 3. The highest BCUT2D eigenvalue weighted by Gasteiger charge is 2.16. The van der Waals surface area contributed by atoms with Gasteiger partial charge >= 0.3 is 5.69 Å². The largest absolute Gasteiger partial charge is 0.368 e. The molecule has 0 saturated carbocycles. The number of nitro groups is 1. The molecule has 8 heteroatoms. The van der Waals surface area contributed by atoms with Crippen LogP contribution in [-0.2, 0) is 6.54 Å². The summed E-state index contributed by atoms with van der Waals surface area (Å²) in [5.74, 6) is 0.143. The van der Waals surface area contributed by atoms with Crippen molar-refractivity contribution in [3.8, 4) is 0 Å². The van der Waals surface area contributed by atoms with Crippen LogP contribution in [0.15, 0.2) is 18.3 Å². The molecule has 0 atom stereocenters. The van der Waals surface area contributed by atoms with E-state index in [1.807, 2.05) is 19.1 Å². The maximum atomic E-state index is 10.8. The zero-order valence-corrected chi connectivity index (χ0v) is 10.4. The number of aromatic nitrogens is 2. The Labute approximate surface area is 107 Å². The number of hydrogen-bond acceptors (Lipinski definition) is 7. The Morgan fingerprint density at radius 2 is 2.33 bits per heavy atom. The van der Waals surface area contributed by atoms with Crippen LogP contribution >= 0.6 is 11.3 Å². The van der Waals surface area contributed by atoms with Gasteiger partial charge in [-0.05, 0) is 19.1 Å². The molecule has 0 fully saturated rings. The minimum absolute atomic E-state index is 0.00506. The van der Waals surface area contributed by atoms with E-state index < -0.39 is 4.92 Å². The molecular formula is C10H11N5O2S. The number of aryl methyl sites for hydroxylation is 1. The van der Waals surface area contributed by atoms with Gasteiger partial charge in [-0.15, -0.1) is 11.3 Å². The molecule has 0 spiro atoms. The van der Waals surface area contributed by atoms with E-state index in [0.717, 1.165) is 11.1 Å². The highest BCUT2D eigenvalue weighted by atomic mass is 32.1. The highest BCUT2D eigenvalue weighted by Crippen LogP contribution is 2.23. The summed E-state index contributed by atoms with van der Waals surface area (Å²) in [6.07, 6.45) is 1.10. The quantitative estimate of drug-likeness (QED) is 0.646. The molecule has 0 amide bonds. The van der Waals surface area contributed by atoms with Crippen molar-refractivity contribution in [1.29, 1.82) is 0 Å². The maximum Gasteiger partial charge on any atom is 0.329 e. The van der Waals surface area contributed by atoms with Crippen LogP contribution in [-0.4, -0.2) is 14.9 Å². The summed E-state index contributed by atoms with van der Waals surface area (Å²) < 4.78 is 0. The molecule has 2 rings (SSSR count). The molecule has 0 saturated heterocycles. The Kier molecular flexibility index (Phi) is 3.38. The van der Waals surface area contributed by atoms with Crippen molar-refractivity contribution >= 4 is 28.8 Å². The lowest BCUT2D eigenvalue weighted by Gasteiger charge is -2.04. The molecule has 2 aromatic heterocycles. The predicted octanol–water partition coefficient (Wildman–Crippen LogP) is 1.95. The van der Waals surface area contributed by atoms with Crippen LogP contribution in [0.25, 0.3) is 0 Å². The molecule has 2 heterocycles. The fraction of sp³-hybridized carbons (Fsp3) is 0.200. The Balaban J connectivity index is 2.17. The number of nitrogens with two attached hydrogens (primary N) is 1. The van der Waals surface area contributed by atoms with Gasteiger partial charge < -0.3 is 11.1 Å². The summed E-state index contributed by atoms with van der Waals surface area (Å²) in [4.78, 5) is 20.0. The van der Waals surface area contributed by atoms with E-state index in [1.165, 1.54) is 4.88 Å². The number of nitrogens with one attached hydrogen (secondary N) is 1. The van der Waals surface area contributed by atoms with Crippen molar-refractivity contribution in [2.24, 2.45) is 0 Å². The van der Waals surface area contributed by atoms with Gasteiger partial charge in [0.2, 0.25) is 11.8 Å². The van der Waals surface area contributed by atoms with Crippen LogP contribution in [0.1, 0.15) is 9.75 Å². The smallest absolute Gasteiger partial charge is 0.329 e. The van der Waals surface area contributed by atoms with Crippen LogP contribution in [0.2, 0.25) is 0 Å². The number of thiophene rings is 1. The fourth-order valence-electron chi connectivity index (χ4n) is 1.40. The molecule has 0 aliphatic heterocycles. The van der Waals surface area contributed by atoms with E-state index in [9.17, 15) is 10.1 Å². The SMILES string of the molecule is Cc1ccc(CNc2nc(N)ncc2[N+](=O)[O-])s1. The lowest BCUT2D eigenvalue weighted by molar-refractivity contribution is -0.384. The predicted molar refractivity (Wildman–Crippen MR) is 69.5 cm³/mol. The Bertz CT molecular complexity index is 583. The van der Waals surface area contributed by atoms with E-state index in [-0.39, 0.29) is 17.5 Å². The Hall–Kier alpha value is -2.22. The molecule has 94 valence electrons. The van der Waals surface area contributed by atoms with Gasteiger partial charge in [-0.2, -0.15) is 4.98 Å². The second kappa shape index (κ2) is 4.96. The maximum absolute atomic E-state index is 10.8. The van der Waals surface area contributed by atoms with Crippen molar-refractivity contribution in [2.45, 2.75) is 13.5 Å². The fourth-order valence-corrected chi connectivity index (χ4v) is 2.23. The Morgan fingerprint density at radius 3 is 2.94 bits per heavy atom. The molecule has 0 radical (unpaired) electrons. The molecule has 0 unspecified atom stereocenters. The summed E-state index contributed by atoms with van der Waals surface area (Å²) in [5, 5.41) is 13.7. The lowest BCUT2D eigenvalue weighted by Crippen LogP contribution is -2.06. The molecule has 0 aliphatic carbocycles. The first-order valence-electron chi connectivity index (χ1n) is 5.12. The van der Waals surface area contributed by atoms with Gasteiger partial charge in [0.25, 0.3) is 0 Å². The molecule has 0 bridgehead atoms. The minimum Gasteiger partial charge on any atom is -0.368 e. The summed E-state index contributed by atoms with van der Waals surface area (Å²) in [6, 6.07) is 3.95.